The first-order chi connectivity index (χ1) is 13.6. The van der Waals surface area contributed by atoms with Crippen LogP contribution in [0.15, 0.2) is 48.5 Å². The van der Waals surface area contributed by atoms with Crippen molar-refractivity contribution in [2.24, 2.45) is 0 Å². The number of carbonyl (C=O) groups is 1. The quantitative estimate of drug-likeness (QED) is 0.709. The predicted molar refractivity (Wildman–Crippen MR) is 109 cm³/mol. The van der Waals surface area contributed by atoms with Crippen LogP contribution < -0.4 is 5.32 Å². The van der Waals surface area contributed by atoms with Crippen LogP contribution in [0.4, 0.5) is 10.3 Å². The van der Waals surface area contributed by atoms with Crippen LogP contribution in [0, 0.1) is 5.82 Å². The number of carbonyl (C=O) groups excluding carboxylic acids is 1. The Morgan fingerprint density at radius 2 is 1.86 bits per heavy atom. The Hall–Kier alpha value is -2.73. The minimum atomic E-state index is -0.227. The molecule has 6 heteroatoms. The van der Waals surface area contributed by atoms with E-state index in [1.807, 2.05) is 30.3 Å². The van der Waals surface area contributed by atoms with Gasteiger partial charge >= 0.3 is 0 Å². The summed E-state index contributed by atoms with van der Waals surface area (Å²) in [4.78, 5) is 18.3. The summed E-state index contributed by atoms with van der Waals surface area (Å²) in [6, 6.07) is 15.0. The fourth-order valence-corrected chi connectivity index (χ4v) is 3.85. The Bertz CT molecular complexity index is 958. The number of ketones is 1. The van der Waals surface area contributed by atoms with Gasteiger partial charge in [-0.05, 0) is 49.6 Å². The Labute approximate surface area is 164 Å². The van der Waals surface area contributed by atoms with Gasteiger partial charge in [-0.1, -0.05) is 24.3 Å². The summed E-state index contributed by atoms with van der Waals surface area (Å²) < 4.78 is 15.4. The molecule has 28 heavy (non-hydrogen) atoms. The molecule has 1 saturated heterocycles. The van der Waals surface area contributed by atoms with Crippen LogP contribution in [0.25, 0.3) is 11.0 Å². The van der Waals surface area contributed by atoms with Gasteiger partial charge in [0, 0.05) is 19.1 Å². The van der Waals surface area contributed by atoms with Gasteiger partial charge in [0.25, 0.3) is 0 Å². The van der Waals surface area contributed by atoms with E-state index < -0.39 is 0 Å². The molecule has 5 nitrogen and oxygen atoms in total. The third kappa shape index (κ3) is 4.22. The summed E-state index contributed by atoms with van der Waals surface area (Å²) in [6.07, 6.45) is 1.96. The maximum absolute atomic E-state index is 13.3. The van der Waals surface area contributed by atoms with E-state index in [1.165, 1.54) is 12.1 Å². The molecule has 0 amide bonds. The molecule has 0 unspecified atom stereocenters. The zero-order valence-corrected chi connectivity index (χ0v) is 16.1. The van der Waals surface area contributed by atoms with E-state index in [2.05, 4.69) is 20.9 Å². The molecule has 0 radical (unpaired) electrons. The SMILES string of the molecule is CC(=O)CN1CCC(Nc2nc3ccccc3n2Cc2ccc(F)cc2)CC1. The van der Waals surface area contributed by atoms with E-state index in [1.54, 1.807) is 6.92 Å². The molecular formula is C22H25FN4O. The largest absolute Gasteiger partial charge is 0.353 e. The van der Waals surface area contributed by atoms with Gasteiger partial charge in [0.1, 0.15) is 11.6 Å². The maximum atomic E-state index is 13.3. The number of hydrogen-bond donors (Lipinski definition) is 1. The number of halogens is 1. The number of imidazole rings is 1. The van der Waals surface area contributed by atoms with Gasteiger partial charge in [-0.2, -0.15) is 0 Å². The van der Waals surface area contributed by atoms with Crippen LogP contribution in [0.3, 0.4) is 0 Å². The summed E-state index contributed by atoms with van der Waals surface area (Å²) in [7, 11) is 0. The molecule has 1 fully saturated rings. The summed E-state index contributed by atoms with van der Waals surface area (Å²) in [5, 5.41) is 3.61. The molecule has 146 valence electrons. The number of aromatic nitrogens is 2. The van der Waals surface area contributed by atoms with Crippen molar-refractivity contribution < 1.29 is 9.18 Å². The van der Waals surface area contributed by atoms with Crippen LogP contribution in [-0.2, 0) is 11.3 Å². The summed E-state index contributed by atoms with van der Waals surface area (Å²) >= 11 is 0. The monoisotopic (exact) mass is 380 g/mol. The number of hydrogen-bond acceptors (Lipinski definition) is 4. The number of benzene rings is 2. The van der Waals surface area contributed by atoms with Crippen LogP contribution in [0.1, 0.15) is 25.3 Å². The number of likely N-dealkylation sites (tertiary alicyclic amines) is 1. The molecule has 3 aromatic rings. The number of nitrogens with one attached hydrogen (secondary N) is 1. The molecule has 0 atom stereocenters. The van der Waals surface area contributed by atoms with Gasteiger partial charge in [-0.3, -0.25) is 9.69 Å². The highest BCUT2D eigenvalue weighted by molar-refractivity contribution is 5.79. The molecule has 0 aliphatic carbocycles. The normalized spacial score (nSPS) is 15.8. The van der Waals surface area contributed by atoms with Gasteiger partial charge in [0.2, 0.25) is 5.95 Å². The number of nitrogens with zero attached hydrogens (tertiary/aromatic N) is 3. The number of piperidine rings is 1. The van der Waals surface area contributed by atoms with Crippen LogP contribution in [-0.4, -0.2) is 45.9 Å². The second kappa shape index (κ2) is 8.10. The van der Waals surface area contributed by atoms with Crippen molar-refractivity contribution in [1.82, 2.24) is 14.5 Å². The van der Waals surface area contributed by atoms with E-state index in [0.717, 1.165) is 48.5 Å². The van der Waals surface area contributed by atoms with Crippen LogP contribution in [0.2, 0.25) is 0 Å². The van der Waals surface area contributed by atoms with E-state index in [9.17, 15) is 9.18 Å². The van der Waals surface area contributed by atoms with Crippen molar-refractivity contribution >= 4 is 22.8 Å². The molecule has 1 aliphatic rings. The maximum Gasteiger partial charge on any atom is 0.204 e. The van der Waals surface area contributed by atoms with Crippen LogP contribution in [0.5, 0.6) is 0 Å². The first-order valence-corrected chi connectivity index (χ1v) is 9.76. The van der Waals surface area contributed by atoms with E-state index in [4.69, 9.17) is 4.98 Å². The molecular weight excluding hydrogens is 355 g/mol. The highest BCUT2D eigenvalue weighted by atomic mass is 19.1. The molecule has 1 aliphatic heterocycles. The zero-order chi connectivity index (χ0) is 19.5. The fraction of sp³-hybridized carbons (Fsp3) is 0.364. The lowest BCUT2D eigenvalue weighted by atomic mass is 10.1. The van der Waals surface area contributed by atoms with Crippen molar-refractivity contribution in [3.8, 4) is 0 Å². The van der Waals surface area contributed by atoms with Gasteiger partial charge < -0.3 is 9.88 Å². The molecule has 0 saturated carbocycles. The standard InChI is InChI=1S/C22H25FN4O/c1-16(28)14-26-12-10-19(11-13-26)24-22-25-20-4-2-3-5-21(20)27(22)15-17-6-8-18(23)9-7-17/h2-9,19H,10-15H2,1H3,(H,24,25). The van der Waals surface area contributed by atoms with Crippen molar-refractivity contribution in [1.29, 1.82) is 0 Å². The number of Topliss-reactive ketones (excluding diaryl/α,β-unsaturated/α-hetero) is 1. The lowest BCUT2D eigenvalue weighted by Crippen LogP contribution is -2.41. The molecule has 4 rings (SSSR count). The first-order valence-electron chi connectivity index (χ1n) is 9.76. The second-order valence-corrected chi connectivity index (χ2v) is 7.53. The lowest BCUT2D eigenvalue weighted by Gasteiger charge is -2.32. The smallest absolute Gasteiger partial charge is 0.204 e. The number of anilines is 1. The Kier molecular flexibility index (Phi) is 5.39. The minimum absolute atomic E-state index is 0.215. The van der Waals surface area contributed by atoms with Gasteiger partial charge in [-0.25, -0.2) is 9.37 Å². The van der Waals surface area contributed by atoms with Crippen LogP contribution >= 0.6 is 0 Å². The van der Waals surface area contributed by atoms with Crippen molar-refractivity contribution in [3.63, 3.8) is 0 Å². The van der Waals surface area contributed by atoms with Gasteiger partial charge in [0.15, 0.2) is 0 Å². The molecule has 1 aromatic heterocycles. The molecule has 0 spiro atoms. The fourth-order valence-electron chi connectivity index (χ4n) is 3.85. The molecule has 2 heterocycles. The average Bonchev–Trinajstić information content (AvgIpc) is 3.02. The summed E-state index contributed by atoms with van der Waals surface area (Å²) in [5.41, 5.74) is 3.04. The van der Waals surface area contributed by atoms with E-state index >= 15 is 0 Å². The molecule has 0 bridgehead atoms. The average molecular weight is 380 g/mol. The second-order valence-electron chi connectivity index (χ2n) is 7.53. The van der Waals surface area contributed by atoms with Crippen molar-refractivity contribution in [2.45, 2.75) is 32.4 Å². The number of rotatable bonds is 6. The third-order valence-electron chi connectivity index (χ3n) is 5.28. The van der Waals surface area contributed by atoms with Crippen molar-refractivity contribution in [3.05, 3.63) is 59.9 Å². The summed E-state index contributed by atoms with van der Waals surface area (Å²) in [5.74, 6) is 0.831. The topological polar surface area (TPSA) is 50.2 Å². The Balaban J connectivity index is 1.53. The summed E-state index contributed by atoms with van der Waals surface area (Å²) in [6.45, 7) is 4.63. The molecule has 2 aromatic carbocycles. The highest BCUT2D eigenvalue weighted by Gasteiger charge is 2.22. The Morgan fingerprint density at radius 1 is 1.14 bits per heavy atom. The lowest BCUT2D eigenvalue weighted by molar-refractivity contribution is -0.118. The van der Waals surface area contributed by atoms with Gasteiger partial charge in [-0.15, -0.1) is 0 Å². The minimum Gasteiger partial charge on any atom is -0.353 e. The van der Waals surface area contributed by atoms with E-state index in [0.29, 0.717) is 19.1 Å². The molecule has 1 N–H and O–H groups in total. The number of para-hydroxylation sites is 2. The third-order valence-corrected chi connectivity index (χ3v) is 5.28. The predicted octanol–water partition coefficient (Wildman–Crippen LogP) is 3.69. The number of fused-ring (bicyclic) bond motifs is 1. The highest BCUT2D eigenvalue weighted by Crippen LogP contribution is 2.24. The van der Waals surface area contributed by atoms with Crippen molar-refractivity contribution in [2.75, 3.05) is 25.0 Å². The van der Waals surface area contributed by atoms with E-state index in [-0.39, 0.29) is 11.6 Å². The zero-order valence-electron chi connectivity index (χ0n) is 16.1. The van der Waals surface area contributed by atoms with Gasteiger partial charge in [0.05, 0.1) is 24.1 Å². The first kappa shape index (κ1) is 18.6. The Morgan fingerprint density at radius 3 is 2.57 bits per heavy atom.